The van der Waals surface area contributed by atoms with Crippen LogP contribution in [0.3, 0.4) is 0 Å². The second-order valence-electron chi connectivity index (χ2n) is 4.55. The fourth-order valence-corrected chi connectivity index (χ4v) is 2.22. The maximum absolute atomic E-state index is 11.8. The summed E-state index contributed by atoms with van der Waals surface area (Å²) in [7, 11) is 0. The van der Waals surface area contributed by atoms with Gasteiger partial charge in [-0.2, -0.15) is 5.16 Å². The molecule has 3 rings (SSSR count). The molecule has 1 heterocycles. The first kappa shape index (κ1) is 12.9. The highest BCUT2D eigenvalue weighted by atomic mass is 16.5. The van der Waals surface area contributed by atoms with Crippen LogP contribution in [0.25, 0.3) is 22.3 Å². The number of amides is 1. The molecule has 5 heteroatoms. The molecule has 0 saturated heterocycles. The van der Waals surface area contributed by atoms with Crippen molar-refractivity contribution in [3.8, 4) is 22.3 Å². The van der Waals surface area contributed by atoms with Crippen molar-refractivity contribution in [1.82, 2.24) is 5.16 Å². The predicted molar refractivity (Wildman–Crippen MR) is 78.7 cm³/mol. The Morgan fingerprint density at radius 2 is 1.62 bits per heavy atom. The van der Waals surface area contributed by atoms with E-state index in [1.165, 1.54) is 0 Å². The van der Waals surface area contributed by atoms with E-state index in [4.69, 9.17) is 10.3 Å². The lowest BCUT2D eigenvalue weighted by Crippen LogP contribution is -2.13. The van der Waals surface area contributed by atoms with Gasteiger partial charge in [0.2, 0.25) is 5.76 Å². The van der Waals surface area contributed by atoms with Crippen LogP contribution in [0.1, 0.15) is 10.6 Å². The third-order valence-electron chi connectivity index (χ3n) is 3.18. The van der Waals surface area contributed by atoms with Crippen molar-refractivity contribution in [2.45, 2.75) is 0 Å². The van der Waals surface area contributed by atoms with Crippen LogP contribution >= 0.6 is 0 Å². The summed E-state index contributed by atoms with van der Waals surface area (Å²) in [4.78, 5) is 23.2. The third kappa shape index (κ3) is 2.36. The highest BCUT2D eigenvalue weighted by Crippen LogP contribution is 2.26. The molecule has 0 radical (unpaired) electrons. The Morgan fingerprint density at radius 1 is 0.952 bits per heavy atom. The van der Waals surface area contributed by atoms with Crippen LogP contribution in [0.15, 0.2) is 63.9 Å². The summed E-state index contributed by atoms with van der Waals surface area (Å²) in [5.74, 6) is -0.946. The number of aromatic nitrogens is 1. The number of nitrogens with one attached hydrogen (secondary N) is 1. The summed E-state index contributed by atoms with van der Waals surface area (Å²) in [5.41, 5.74) is 7.43. The van der Waals surface area contributed by atoms with Gasteiger partial charge in [0, 0.05) is 0 Å². The van der Waals surface area contributed by atoms with Gasteiger partial charge in [-0.1, -0.05) is 48.5 Å². The van der Waals surface area contributed by atoms with Gasteiger partial charge in [-0.15, -0.1) is 0 Å². The minimum Gasteiger partial charge on any atom is -0.372 e. The molecule has 0 bridgehead atoms. The van der Waals surface area contributed by atoms with Gasteiger partial charge in [-0.25, -0.2) is 0 Å². The van der Waals surface area contributed by atoms with Crippen molar-refractivity contribution in [2.75, 3.05) is 0 Å². The monoisotopic (exact) mass is 280 g/mol. The minimum atomic E-state index is -0.784. The smallest absolute Gasteiger partial charge is 0.288 e. The van der Waals surface area contributed by atoms with Gasteiger partial charge in [0.05, 0.1) is 0 Å². The van der Waals surface area contributed by atoms with Crippen molar-refractivity contribution < 1.29 is 9.32 Å². The van der Waals surface area contributed by atoms with Crippen LogP contribution < -0.4 is 11.3 Å². The Hall–Kier alpha value is -3.08. The molecule has 3 aromatic rings. The minimum absolute atomic E-state index is 0.153. The Kier molecular flexibility index (Phi) is 3.16. The quantitative estimate of drug-likeness (QED) is 0.772. The maximum atomic E-state index is 11.8. The summed E-state index contributed by atoms with van der Waals surface area (Å²) >= 11 is 0. The van der Waals surface area contributed by atoms with Crippen molar-refractivity contribution in [1.29, 1.82) is 0 Å². The molecule has 0 saturated carbocycles. The van der Waals surface area contributed by atoms with Gasteiger partial charge in [-0.05, 0) is 22.8 Å². The maximum Gasteiger partial charge on any atom is 0.288 e. The number of rotatable bonds is 3. The van der Waals surface area contributed by atoms with Crippen LogP contribution in [-0.2, 0) is 0 Å². The summed E-state index contributed by atoms with van der Waals surface area (Å²) in [5, 5.41) is 2.14. The van der Waals surface area contributed by atoms with E-state index in [-0.39, 0.29) is 11.3 Å². The van der Waals surface area contributed by atoms with E-state index in [1.54, 1.807) is 6.07 Å². The van der Waals surface area contributed by atoms with Gasteiger partial charge < -0.3 is 10.3 Å². The van der Waals surface area contributed by atoms with Gasteiger partial charge in [0.15, 0.2) is 0 Å². The van der Waals surface area contributed by atoms with Crippen LogP contribution in [0.5, 0.6) is 0 Å². The standard InChI is InChI=1S/C16H12N2O3/c17-15(19)14-13(16(20)18-21-14)12-8-4-7-11(9-12)10-5-2-1-3-6-10/h1-9H,(H2,17,19)(H,18,20). The molecule has 0 fully saturated rings. The zero-order valence-electron chi connectivity index (χ0n) is 11.0. The number of hydrogen-bond donors (Lipinski definition) is 2. The lowest BCUT2D eigenvalue weighted by atomic mass is 9.99. The lowest BCUT2D eigenvalue weighted by molar-refractivity contribution is 0.0965. The normalized spacial score (nSPS) is 10.5. The second kappa shape index (κ2) is 5.13. The fraction of sp³-hybridized carbons (Fsp3) is 0. The average molecular weight is 280 g/mol. The van der Waals surface area contributed by atoms with E-state index in [9.17, 15) is 9.59 Å². The molecule has 104 valence electrons. The zero-order chi connectivity index (χ0) is 14.8. The largest absolute Gasteiger partial charge is 0.372 e. The molecule has 2 aromatic carbocycles. The van der Waals surface area contributed by atoms with Crippen molar-refractivity contribution in [2.24, 2.45) is 5.73 Å². The number of nitrogens with two attached hydrogens (primary N) is 1. The number of primary amides is 1. The Balaban J connectivity index is 2.16. The number of carbonyl (C=O) groups excluding carboxylic acids is 1. The van der Waals surface area contributed by atoms with Crippen LogP contribution in [0, 0.1) is 0 Å². The van der Waals surface area contributed by atoms with Gasteiger partial charge in [-0.3, -0.25) is 9.59 Å². The van der Waals surface area contributed by atoms with Crippen LogP contribution in [-0.4, -0.2) is 11.1 Å². The average Bonchev–Trinajstić information content (AvgIpc) is 2.90. The third-order valence-corrected chi connectivity index (χ3v) is 3.18. The summed E-state index contributed by atoms with van der Waals surface area (Å²) in [6, 6.07) is 17.0. The van der Waals surface area contributed by atoms with Gasteiger partial charge >= 0.3 is 0 Å². The first-order chi connectivity index (χ1) is 10.2. The number of hydrogen-bond acceptors (Lipinski definition) is 3. The number of benzene rings is 2. The fourth-order valence-electron chi connectivity index (χ4n) is 2.22. The number of aromatic amines is 1. The molecule has 0 unspecified atom stereocenters. The van der Waals surface area contributed by atoms with Crippen LogP contribution in [0.4, 0.5) is 0 Å². The molecular weight excluding hydrogens is 268 g/mol. The van der Waals surface area contributed by atoms with E-state index < -0.39 is 11.5 Å². The van der Waals surface area contributed by atoms with Crippen LogP contribution in [0.2, 0.25) is 0 Å². The number of H-pyrrole nitrogens is 1. The van der Waals surface area contributed by atoms with Gasteiger partial charge in [0.25, 0.3) is 11.5 Å². The lowest BCUT2D eigenvalue weighted by Gasteiger charge is -2.04. The van der Waals surface area contributed by atoms with Gasteiger partial charge in [0.1, 0.15) is 5.56 Å². The van der Waals surface area contributed by atoms with Crippen molar-refractivity contribution in [3.63, 3.8) is 0 Å². The van der Waals surface area contributed by atoms with E-state index in [0.29, 0.717) is 5.56 Å². The van der Waals surface area contributed by atoms with E-state index in [2.05, 4.69) is 5.16 Å². The highest BCUT2D eigenvalue weighted by molar-refractivity contribution is 5.97. The van der Waals surface area contributed by atoms with E-state index in [1.807, 2.05) is 48.5 Å². The predicted octanol–water partition coefficient (Wildman–Crippen LogP) is 2.40. The van der Waals surface area contributed by atoms with Crippen molar-refractivity contribution in [3.05, 3.63) is 70.7 Å². The van der Waals surface area contributed by atoms with E-state index >= 15 is 0 Å². The van der Waals surface area contributed by atoms with E-state index in [0.717, 1.165) is 11.1 Å². The van der Waals surface area contributed by atoms with Crippen molar-refractivity contribution >= 4 is 5.91 Å². The summed E-state index contributed by atoms with van der Waals surface area (Å²) in [6.07, 6.45) is 0. The molecule has 5 nitrogen and oxygen atoms in total. The topological polar surface area (TPSA) is 89.1 Å². The second-order valence-corrected chi connectivity index (χ2v) is 4.55. The molecule has 0 aliphatic heterocycles. The molecule has 1 aromatic heterocycles. The molecule has 3 N–H and O–H groups in total. The Morgan fingerprint density at radius 3 is 2.33 bits per heavy atom. The highest BCUT2D eigenvalue weighted by Gasteiger charge is 2.19. The SMILES string of the molecule is NC(=O)c1o[nH]c(=O)c1-c1cccc(-c2ccccc2)c1. The molecular formula is C16H12N2O3. The molecule has 0 aliphatic carbocycles. The molecule has 21 heavy (non-hydrogen) atoms. The Bertz CT molecular complexity index is 847. The molecule has 0 atom stereocenters. The zero-order valence-corrected chi connectivity index (χ0v) is 11.0. The first-order valence-corrected chi connectivity index (χ1v) is 6.34. The first-order valence-electron chi connectivity index (χ1n) is 6.34. The number of carbonyl (C=O) groups is 1. The summed E-state index contributed by atoms with van der Waals surface area (Å²) in [6.45, 7) is 0. The molecule has 0 spiro atoms. The molecule has 1 amide bonds. The molecule has 0 aliphatic rings. The Labute approximate surface area is 120 Å². The summed E-state index contributed by atoms with van der Waals surface area (Å²) < 4.78 is 4.84.